The van der Waals surface area contributed by atoms with Crippen LogP contribution in [0, 0.1) is 0 Å². The molecule has 0 spiro atoms. The fourth-order valence-electron chi connectivity index (χ4n) is 6.49. The second-order valence-electron chi connectivity index (χ2n) is 15.1. The van der Waals surface area contributed by atoms with E-state index in [-0.39, 0.29) is 6.61 Å². The minimum Gasteiger partial charge on any atom is -0.379 e. The quantitative estimate of drug-likeness (QED) is 0.0491. The molecule has 1 unspecified atom stereocenters. The number of hydrogen-bond donors (Lipinski definition) is 1. The van der Waals surface area contributed by atoms with Gasteiger partial charge in [-0.1, -0.05) is 168 Å². The number of hydrogen-bond acceptors (Lipinski definition) is 6. The van der Waals surface area contributed by atoms with E-state index in [1.54, 1.807) is 0 Å². The van der Waals surface area contributed by atoms with Crippen molar-refractivity contribution in [2.24, 2.45) is 0 Å². The normalized spacial score (nSPS) is 13.0. The van der Waals surface area contributed by atoms with Crippen LogP contribution in [0.15, 0.2) is 24.3 Å². The first kappa shape index (κ1) is 52.2. The number of nitrogens with one attached hydrogen (secondary N) is 1. The lowest BCUT2D eigenvalue weighted by molar-refractivity contribution is -0.0381. The van der Waals surface area contributed by atoms with Gasteiger partial charge in [0, 0.05) is 26.3 Å². The van der Waals surface area contributed by atoms with Gasteiger partial charge in [0.2, 0.25) is 0 Å². The molecule has 0 saturated carbocycles. The number of allylic oxidation sites excluding steroid dienone is 4. The molecule has 53 heavy (non-hydrogen) atoms. The van der Waals surface area contributed by atoms with E-state index in [9.17, 15) is 8.42 Å². The zero-order valence-electron chi connectivity index (χ0n) is 35.7. The van der Waals surface area contributed by atoms with Crippen molar-refractivity contribution in [1.29, 1.82) is 0 Å². The van der Waals surface area contributed by atoms with E-state index in [0.717, 1.165) is 38.8 Å². The molecule has 0 aliphatic rings. The molecule has 1 N–H and O–H groups in total. The maximum absolute atomic E-state index is 12.5. The smallest absolute Gasteiger partial charge is 0.335 e. The van der Waals surface area contributed by atoms with E-state index in [1.165, 1.54) is 154 Å². The molecule has 1 atom stereocenters. The van der Waals surface area contributed by atoms with Crippen LogP contribution in [0.25, 0.3) is 0 Å². The van der Waals surface area contributed by atoms with Crippen LogP contribution >= 0.6 is 0 Å². The molecule has 0 bridgehead atoms. The van der Waals surface area contributed by atoms with Crippen LogP contribution in [0.5, 0.6) is 0 Å². The summed E-state index contributed by atoms with van der Waals surface area (Å²) in [5, 5.41) is 0. The maximum Gasteiger partial charge on any atom is 0.335 e. The van der Waals surface area contributed by atoms with Gasteiger partial charge in [-0.3, -0.25) is 4.18 Å². The summed E-state index contributed by atoms with van der Waals surface area (Å²) in [5.41, 5.74) is 0. The molecule has 0 saturated heterocycles. The number of ether oxygens (including phenoxy) is 2. The fraction of sp³-hybridized carbons (Fsp3) is 0.911. The maximum atomic E-state index is 12.5. The molecule has 0 heterocycles. The van der Waals surface area contributed by atoms with Crippen molar-refractivity contribution in [1.82, 2.24) is 9.62 Å². The largest absolute Gasteiger partial charge is 0.379 e. The molecule has 0 aliphatic heterocycles. The summed E-state index contributed by atoms with van der Waals surface area (Å²) in [6.07, 6.45) is 44.9. The Morgan fingerprint density at radius 1 is 0.509 bits per heavy atom. The first-order valence-corrected chi connectivity index (χ1v) is 24.2. The van der Waals surface area contributed by atoms with Crippen LogP contribution in [0.3, 0.4) is 0 Å². The average molecular weight is 771 g/mol. The minimum atomic E-state index is -3.83. The molecule has 0 aromatic heterocycles. The Morgan fingerprint density at radius 3 is 1.34 bits per heavy atom. The highest BCUT2D eigenvalue weighted by Crippen LogP contribution is 2.12. The lowest BCUT2D eigenvalue weighted by Crippen LogP contribution is -2.37. The Morgan fingerprint density at radius 2 is 0.906 bits per heavy atom. The number of likely N-dealkylation sites (N-methyl/N-ethyl adjacent to an activating group) is 1. The summed E-state index contributed by atoms with van der Waals surface area (Å²) in [5.74, 6) is 0. The van der Waals surface area contributed by atoms with Gasteiger partial charge >= 0.3 is 10.3 Å². The highest BCUT2D eigenvalue weighted by atomic mass is 32.2. The van der Waals surface area contributed by atoms with Crippen LogP contribution in [0.4, 0.5) is 0 Å². The molecule has 0 amide bonds. The molecule has 0 radical (unpaired) electrons. The molecular formula is C45H90N2O5S. The Kier molecular flexibility index (Phi) is 41.8. The monoisotopic (exact) mass is 771 g/mol. The van der Waals surface area contributed by atoms with Gasteiger partial charge in [-0.25, -0.2) is 0 Å². The first-order valence-electron chi connectivity index (χ1n) is 22.8. The van der Waals surface area contributed by atoms with Crippen molar-refractivity contribution in [2.45, 2.75) is 214 Å². The summed E-state index contributed by atoms with van der Waals surface area (Å²) >= 11 is 0. The van der Waals surface area contributed by atoms with Gasteiger partial charge in [0.1, 0.15) is 6.10 Å². The fourth-order valence-corrected chi connectivity index (χ4v) is 7.24. The van der Waals surface area contributed by atoms with Crippen molar-refractivity contribution in [3.63, 3.8) is 0 Å². The second kappa shape index (κ2) is 42.4. The molecule has 316 valence electrons. The van der Waals surface area contributed by atoms with Gasteiger partial charge in [-0.15, -0.1) is 0 Å². The topological polar surface area (TPSA) is 77.1 Å². The summed E-state index contributed by atoms with van der Waals surface area (Å²) in [6.45, 7) is 13.1. The molecule has 0 rings (SSSR count). The zero-order chi connectivity index (χ0) is 38.8. The molecule has 0 fully saturated rings. The Bertz CT molecular complexity index is 878. The molecule has 0 aromatic carbocycles. The molecular weight excluding hydrogens is 681 g/mol. The van der Waals surface area contributed by atoms with Crippen LogP contribution < -0.4 is 4.72 Å². The standard InChI is InChI=1S/C45H90N2O5S/c1-5-9-11-13-15-17-19-21-23-25-27-29-31-33-35-37-41-50-43-45(44-52-53(48,49)46-39-40-47(7-3)8-4)51-42-38-36-34-32-30-28-26-24-22-20-18-16-14-12-10-6-2/h21-24,45-46H,5-20,25-44H2,1-4H3/b23-21-,24-22-. The molecule has 0 aliphatic carbocycles. The molecule has 0 aromatic rings. The SMILES string of the molecule is CCCCCCCC/C=C\CCCCCCCCOCC(COS(=O)(=O)NCCN(CC)CC)OCCCCCCCC/C=C\CCCCCCCC. The average Bonchev–Trinajstić information content (AvgIpc) is 3.15. The predicted octanol–water partition coefficient (Wildman–Crippen LogP) is 12.7. The number of rotatable bonds is 44. The van der Waals surface area contributed by atoms with Crippen LogP contribution in [0.1, 0.15) is 207 Å². The van der Waals surface area contributed by atoms with Gasteiger partial charge in [-0.05, 0) is 77.3 Å². The Hall–Kier alpha value is -0.770. The van der Waals surface area contributed by atoms with E-state index in [2.05, 4.69) is 61.6 Å². The lowest BCUT2D eigenvalue weighted by atomic mass is 10.1. The van der Waals surface area contributed by atoms with Crippen LogP contribution in [-0.4, -0.2) is 72.0 Å². The number of nitrogens with zero attached hydrogens (tertiary/aromatic N) is 1. The third-order valence-corrected chi connectivity index (χ3v) is 11.1. The highest BCUT2D eigenvalue weighted by Gasteiger charge is 2.17. The van der Waals surface area contributed by atoms with E-state index < -0.39 is 16.4 Å². The van der Waals surface area contributed by atoms with Gasteiger partial charge < -0.3 is 14.4 Å². The van der Waals surface area contributed by atoms with E-state index in [1.807, 2.05) is 0 Å². The second-order valence-corrected chi connectivity index (χ2v) is 16.5. The summed E-state index contributed by atoms with van der Waals surface area (Å²) in [7, 11) is -3.83. The van der Waals surface area contributed by atoms with Crippen molar-refractivity contribution < 1.29 is 22.1 Å². The third kappa shape index (κ3) is 40.7. The molecule has 7 nitrogen and oxygen atoms in total. The van der Waals surface area contributed by atoms with Crippen molar-refractivity contribution in [3.8, 4) is 0 Å². The Balaban J connectivity index is 4.16. The van der Waals surface area contributed by atoms with Crippen molar-refractivity contribution in [2.75, 3.05) is 52.6 Å². The zero-order valence-corrected chi connectivity index (χ0v) is 36.6. The van der Waals surface area contributed by atoms with E-state index in [0.29, 0.717) is 32.9 Å². The third-order valence-electron chi connectivity index (χ3n) is 10.1. The lowest BCUT2D eigenvalue weighted by Gasteiger charge is -2.20. The van der Waals surface area contributed by atoms with Gasteiger partial charge in [0.25, 0.3) is 0 Å². The summed E-state index contributed by atoms with van der Waals surface area (Å²) < 4.78 is 45.0. The van der Waals surface area contributed by atoms with Crippen molar-refractivity contribution in [3.05, 3.63) is 24.3 Å². The Labute approximate surface area is 331 Å². The first-order chi connectivity index (χ1) is 26.0. The molecule has 8 heteroatoms. The van der Waals surface area contributed by atoms with Crippen LogP contribution in [-0.2, 0) is 24.0 Å². The van der Waals surface area contributed by atoms with E-state index in [4.69, 9.17) is 13.7 Å². The van der Waals surface area contributed by atoms with Gasteiger partial charge in [0.15, 0.2) is 0 Å². The van der Waals surface area contributed by atoms with Crippen molar-refractivity contribution >= 4 is 10.3 Å². The summed E-state index contributed by atoms with van der Waals surface area (Å²) in [4.78, 5) is 2.17. The van der Waals surface area contributed by atoms with Crippen LogP contribution in [0.2, 0.25) is 0 Å². The van der Waals surface area contributed by atoms with Gasteiger partial charge in [-0.2, -0.15) is 13.1 Å². The predicted molar refractivity (Wildman–Crippen MR) is 230 cm³/mol. The number of unbranched alkanes of at least 4 members (excludes halogenated alkanes) is 24. The van der Waals surface area contributed by atoms with E-state index >= 15 is 0 Å². The highest BCUT2D eigenvalue weighted by molar-refractivity contribution is 7.84. The minimum absolute atomic E-state index is 0.0274. The van der Waals surface area contributed by atoms with Gasteiger partial charge in [0.05, 0.1) is 13.2 Å². The summed E-state index contributed by atoms with van der Waals surface area (Å²) in [6, 6.07) is 0.